The Hall–Kier alpha value is -1.09. The minimum Gasteiger partial charge on any atom is -0.491 e. The van der Waals surface area contributed by atoms with E-state index < -0.39 is 0 Å². The van der Waals surface area contributed by atoms with Crippen LogP contribution >= 0.6 is 0 Å². The van der Waals surface area contributed by atoms with Crippen molar-refractivity contribution in [1.82, 2.24) is 0 Å². The molecule has 1 aromatic carbocycles. The fourth-order valence-electron chi connectivity index (χ4n) is 1.94. The molecule has 1 aromatic rings. The number of hydrogen-bond acceptors (Lipinski definition) is 2. The lowest BCUT2D eigenvalue weighted by Gasteiger charge is -2.27. The highest BCUT2D eigenvalue weighted by Gasteiger charge is 2.19. The van der Waals surface area contributed by atoms with Crippen LogP contribution in [0.5, 0.6) is 5.75 Å². The summed E-state index contributed by atoms with van der Waals surface area (Å²) in [5.74, 6) is 0.457. The fraction of sp³-hybridized carbons (Fsp3) is 0.600. The number of ether oxygens (including phenoxy) is 2. The van der Waals surface area contributed by atoms with E-state index in [9.17, 15) is 4.39 Å². The first-order chi connectivity index (χ1) is 8.74. The molecule has 0 bridgehead atoms. The van der Waals surface area contributed by atoms with Gasteiger partial charge in [0.2, 0.25) is 0 Å². The molecule has 2 rings (SSSR count). The van der Waals surface area contributed by atoms with Crippen LogP contribution in [0.15, 0.2) is 24.3 Å². The molecule has 18 heavy (non-hydrogen) atoms. The van der Waals surface area contributed by atoms with Gasteiger partial charge in [-0.05, 0) is 50.5 Å². The van der Waals surface area contributed by atoms with Crippen LogP contribution in [0.1, 0.15) is 40.0 Å². The van der Waals surface area contributed by atoms with Crippen LogP contribution in [0.2, 0.25) is 0 Å². The monoisotopic (exact) mass is 254 g/mol. The Morgan fingerprint density at radius 3 is 2.50 bits per heavy atom. The van der Waals surface area contributed by atoms with E-state index in [1.54, 1.807) is 12.1 Å². The predicted molar refractivity (Wildman–Crippen MR) is 71.4 cm³/mol. The van der Waals surface area contributed by atoms with Crippen molar-refractivity contribution in [2.75, 3.05) is 6.61 Å². The van der Waals surface area contributed by atoms with Crippen molar-refractivity contribution in [2.24, 2.45) is 0 Å². The molecule has 0 aliphatic carbocycles. The molecule has 1 aliphatic heterocycles. The summed E-state index contributed by atoms with van der Waals surface area (Å²) < 4.78 is 23.9. The first-order valence-electron chi connectivity index (χ1n) is 6.78. The third kappa shape index (κ3) is 5.05. The summed E-state index contributed by atoms with van der Waals surface area (Å²) in [7, 11) is 0. The van der Waals surface area contributed by atoms with Gasteiger partial charge >= 0.3 is 0 Å². The lowest BCUT2D eigenvalue weighted by atomic mass is 10.1. The van der Waals surface area contributed by atoms with Gasteiger partial charge in [-0.3, -0.25) is 0 Å². The Bertz CT molecular complexity index is 324. The van der Waals surface area contributed by atoms with Gasteiger partial charge in [0, 0.05) is 0 Å². The summed E-state index contributed by atoms with van der Waals surface area (Å²) in [6.45, 7) is 6.64. The van der Waals surface area contributed by atoms with Gasteiger partial charge in [0.15, 0.2) is 0 Å². The Kier molecular flexibility index (Phi) is 6.73. The molecule has 3 heteroatoms. The average molecular weight is 254 g/mol. The van der Waals surface area contributed by atoms with Crippen LogP contribution in [0.25, 0.3) is 0 Å². The van der Waals surface area contributed by atoms with Gasteiger partial charge in [-0.25, -0.2) is 4.39 Å². The van der Waals surface area contributed by atoms with Gasteiger partial charge in [0.25, 0.3) is 0 Å². The quantitative estimate of drug-likeness (QED) is 0.805. The van der Waals surface area contributed by atoms with Crippen molar-refractivity contribution in [2.45, 2.75) is 52.2 Å². The van der Waals surface area contributed by atoms with E-state index in [0.717, 1.165) is 12.8 Å². The smallest absolute Gasteiger partial charge is 0.123 e. The highest BCUT2D eigenvalue weighted by molar-refractivity contribution is 5.22. The van der Waals surface area contributed by atoms with Crippen LogP contribution in [-0.2, 0) is 4.74 Å². The summed E-state index contributed by atoms with van der Waals surface area (Å²) in [6, 6.07) is 6.09. The van der Waals surface area contributed by atoms with E-state index in [2.05, 4.69) is 6.92 Å². The molecule has 1 aliphatic rings. The van der Waals surface area contributed by atoms with Gasteiger partial charge in [-0.15, -0.1) is 0 Å². The van der Waals surface area contributed by atoms with Crippen molar-refractivity contribution in [3.05, 3.63) is 30.1 Å². The summed E-state index contributed by atoms with van der Waals surface area (Å²) >= 11 is 0. The average Bonchev–Trinajstić information content (AvgIpc) is 2.41. The van der Waals surface area contributed by atoms with Crippen LogP contribution in [-0.4, -0.2) is 18.8 Å². The third-order valence-corrected chi connectivity index (χ3v) is 2.81. The second-order valence-corrected chi connectivity index (χ2v) is 4.26. The molecule has 0 N–H and O–H groups in total. The molecule has 1 heterocycles. The maximum Gasteiger partial charge on any atom is 0.123 e. The molecule has 102 valence electrons. The molecule has 0 saturated carbocycles. The minimum atomic E-state index is -0.241. The zero-order valence-corrected chi connectivity index (χ0v) is 11.5. The zero-order chi connectivity index (χ0) is 13.4. The summed E-state index contributed by atoms with van der Waals surface area (Å²) in [4.78, 5) is 0. The van der Waals surface area contributed by atoms with Crippen molar-refractivity contribution in [1.29, 1.82) is 0 Å². The molecule has 2 nitrogen and oxygen atoms in total. The van der Waals surface area contributed by atoms with Crippen molar-refractivity contribution in [3.8, 4) is 5.75 Å². The topological polar surface area (TPSA) is 18.5 Å². The van der Waals surface area contributed by atoms with Gasteiger partial charge < -0.3 is 9.47 Å². The molecular formula is C15H23FO2. The molecule has 1 saturated heterocycles. The first-order valence-corrected chi connectivity index (χ1v) is 6.78. The van der Waals surface area contributed by atoms with E-state index in [4.69, 9.17) is 9.47 Å². The first kappa shape index (κ1) is 15.0. The molecule has 0 spiro atoms. The predicted octanol–water partition coefficient (Wildman–Crippen LogP) is 4.19. The van der Waals surface area contributed by atoms with E-state index in [1.807, 2.05) is 13.8 Å². The van der Waals surface area contributed by atoms with Crippen LogP contribution in [0.4, 0.5) is 4.39 Å². The molecule has 2 atom stereocenters. The van der Waals surface area contributed by atoms with Crippen molar-refractivity contribution >= 4 is 0 Å². The molecule has 0 aromatic heterocycles. The van der Waals surface area contributed by atoms with Crippen molar-refractivity contribution in [3.63, 3.8) is 0 Å². The fourth-order valence-corrected chi connectivity index (χ4v) is 1.94. The number of hydrogen-bond donors (Lipinski definition) is 0. The standard InChI is InChI=1S/C13H17FO2.C2H6/c1-10-3-2-4-13(16-10)9-15-12-7-5-11(14)6-8-12;1-2/h5-8,10,13H,2-4,9H2,1H3;1-2H3/t10?,13-;/m0./s1. The Morgan fingerprint density at radius 1 is 1.22 bits per heavy atom. The number of halogens is 1. The number of benzene rings is 1. The van der Waals surface area contributed by atoms with Gasteiger partial charge in [-0.1, -0.05) is 13.8 Å². The second kappa shape index (κ2) is 8.09. The van der Waals surface area contributed by atoms with Gasteiger partial charge in [0.05, 0.1) is 12.2 Å². The largest absolute Gasteiger partial charge is 0.491 e. The lowest BCUT2D eigenvalue weighted by Crippen LogP contribution is -2.30. The van der Waals surface area contributed by atoms with E-state index in [1.165, 1.54) is 18.6 Å². The maximum absolute atomic E-state index is 12.7. The highest BCUT2D eigenvalue weighted by atomic mass is 19.1. The zero-order valence-electron chi connectivity index (χ0n) is 11.5. The molecule has 0 radical (unpaired) electrons. The van der Waals surface area contributed by atoms with Gasteiger partial charge in [0.1, 0.15) is 18.2 Å². The molecule has 0 amide bonds. The second-order valence-electron chi connectivity index (χ2n) is 4.26. The Labute approximate surface area is 109 Å². The maximum atomic E-state index is 12.7. The van der Waals surface area contributed by atoms with E-state index >= 15 is 0 Å². The van der Waals surface area contributed by atoms with E-state index in [-0.39, 0.29) is 11.9 Å². The molecule has 1 fully saturated rings. The lowest BCUT2D eigenvalue weighted by molar-refractivity contribution is -0.0586. The van der Waals surface area contributed by atoms with Crippen LogP contribution < -0.4 is 4.74 Å². The normalized spacial score (nSPS) is 22.9. The van der Waals surface area contributed by atoms with Crippen LogP contribution in [0.3, 0.4) is 0 Å². The summed E-state index contributed by atoms with van der Waals surface area (Å²) in [6.07, 6.45) is 3.88. The third-order valence-electron chi connectivity index (χ3n) is 2.81. The molecular weight excluding hydrogens is 231 g/mol. The summed E-state index contributed by atoms with van der Waals surface area (Å²) in [5.41, 5.74) is 0. The SMILES string of the molecule is CC.CC1CCC[C@@H](COc2ccc(F)cc2)O1. The Balaban J connectivity index is 0.000000771. The van der Waals surface area contributed by atoms with Crippen LogP contribution in [0, 0.1) is 5.82 Å². The summed E-state index contributed by atoms with van der Waals surface area (Å²) in [5, 5.41) is 0. The highest BCUT2D eigenvalue weighted by Crippen LogP contribution is 2.20. The number of rotatable bonds is 3. The van der Waals surface area contributed by atoms with Crippen molar-refractivity contribution < 1.29 is 13.9 Å². The Morgan fingerprint density at radius 2 is 1.89 bits per heavy atom. The minimum absolute atomic E-state index is 0.175. The molecule has 1 unspecified atom stereocenters. The van der Waals surface area contributed by atoms with Gasteiger partial charge in [-0.2, -0.15) is 0 Å². The van der Waals surface area contributed by atoms with E-state index in [0.29, 0.717) is 18.5 Å².